The average molecular weight is 302 g/mol. The Morgan fingerprint density at radius 3 is 2.95 bits per heavy atom. The molecule has 7 nitrogen and oxygen atoms in total. The fraction of sp³-hybridized carbons (Fsp3) is 0.467. The Morgan fingerprint density at radius 2 is 2.09 bits per heavy atom. The number of fused-ring (bicyclic) bond motifs is 1. The minimum absolute atomic E-state index is 0.142. The van der Waals surface area contributed by atoms with Crippen molar-refractivity contribution in [3.05, 3.63) is 24.0 Å². The highest BCUT2D eigenvalue weighted by molar-refractivity contribution is 5.60. The lowest BCUT2D eigenvalue weighted by atomic mass is 10.2. The zero-order valence-corrected chi connectivity index (χ0v) is 12.4. The van der Waals surface area contributed by atoms with Crippen molar-refractivity contribution in [2.24, 2.45) is 0 Å². The molecule has 116 valence electrons. The standard InChI is InChI=1S/C15H18N4O3/c1-19-5-4-16-9-11(19)14-17-15(22-18-14)10-2-3-12-13(8-10)21-7-6-20-12/h2-3,8,11,16H,4-7,9H2,1H3. The van der Waals surface area contributed by atoms with E-state index in [2.05, 4.69) is 27.4 Å². The van der Waals surface area contributed by atoms with Gasteiger partial charge in [-0.2, -0.15) is 4.98 Å². The van der Waals surface area contributed by atoms with Crippen LogP contribution in [0.5, 0.6) is 11.5 Å². The number of nitrogens with one attached hydrogen (secondary N) is 1. The van der Waals surface area contributed by atoms with Crippen molar-refractivity contribution in [1.82, 2.24) is 20.4 Å². The molecule has 2 aromatic rings. The second kappa shape index (κ2) is 5.58. The van der Waals surface area contributed by atoms with E-state index in [-0.39, 0.29) is 6.04 Å². The smallest absolute Gasteiger partial charge is 0.258 e. The fourth-order valence-electron chi connectivity index (χ4n) is 2.76. The van der Waals surface area contributed by atoms with Gasteiger partial charge in [0.25, 0.3) is 5.89 Å². The van der Waals surface area contributed by atoms with Gasteiger partial charge in [-0.25, -0.2) is 0 Å². The first kappa shape index (κ1) is 13.5. The van der Waals surface area contributed by atoms with Gasteiger partial charge >= 0.3 is 0 Å². The van der Waals surface area contributed by atoms with E-state index in [4.69, 9.17) is 14.0 Å². The third kappa shape index (κ3) is 2.42. The summed E-state index contributed by atoms with van der Waals surface area (Å²) >= 11 is 0. The molecule has 0 bridgehead atoms. The lowest BCUT2D eigenvalue weighted by Gasteiger charge is -2.30. The van der Waals surface area contributed by atoms with Crippen LogP contribution in [0.2, 0.25) is 0 Å². The topological polar surface area (TPSA) is 72.7 Å². The SMILES string of the molecule is CN1CCNCC1c1noc(-c2ccc3c(c2)OCCO3)n1. The minimum atomic E-state index is 0.142. The number of rotatable bonds is 2. The fourth-order valence-corrected chi connectivity index (χ4v) is 2.76. The molecule has 1 aromatic carbocycles. The van der Waals surface area contributed by atoms with Crippen molar-refractivity contribution in [2.75, 3.05) is 39.9 Å². The van der Waals surface area contributed by atoms with Crippen LogP contribution in [0.25, 0.3) is 11.5 Å². The minimum Gasteiger partial charge on any atom is -0.486 e. The maximum Gasteiger partial charge on any atom is 0.258 e. The Hall–Kier alpha value is -2.12. The normalized spacial score (nSPS) is 21.8. The van der Waals surface area contributed by atoms with Crippen LogP contribution in [0, 0.1) is 0 Å². The second-order valence-corrected chi connectivity index (χ2v) is 5.52. The van der Waals surface area contributed by atoms with E-state index in [0.29, 0.717) is 24.9 Å². The van der Waals surface area contributed by atoms with E-state index in [1.807, 2.05) is 18.2 Å². The predicted octanol–water partition coefficient (Wildman–Crippen LogP) is 1.08. The molecule has 1 fully saturated rings. The summed E-state index contributed by atoms with van der Waals surface area (Å²) in [6, 6.07) is 5.81. The Morgan fingerprint density at radius 1 is 1.23 bits per heavy atom. The summed E-state index contributed by atoms with van der Waals surface area (Å²) in [4.78, 5) is 6.78. The van der Waals surface area contributed by atoms with Crippen LogP contribution in [0.4, 0.5) is 0 Å². The number of hydrogen-bond donors (Lipinski definition) is 1. The van der Waals surface area contributed by atoms with Crippen molar-refractivity contribution < 1.29 is 14.0 Å². The Balaban J connectivity index is 1.61. The second-order valence-electron chi connectivity index (χ2n) is 5.52. The summed E-state index contributed by atoms with van der Waals surface area (Å²) in [5, 5.41) is 7.49. The molecule has 0 radical (unpaired) electrons. The summed E-state index contributed by atoms with van der Waals surface area (Å²) in [6.07, 6.45) is 0. The van der Waals surface area contributed by atoms with Crippen LogP contribution in [0.1, 0.15) is 11.9 Å². The third-order valence-electron chi connectivity index (χ3n) is 4.04. The quantitative estimate of drug-likeness (QED) is 0.890. The van der Waals surface area contributed by atoms with Crippen molar-refractivity contribution in [2.45, 2.75) is 6.04 Å². The van der Waals surface area contributed by atoms with E-state index in [0.717, 1.165) is 36.7 Å². The van der Waals surface area contributed by atoms with Gasteiger partial charge in [-0.15, -0.1) is 0 Å². The highest BCUT2D eigenvalue weighted by atomic mass is 16.6. The molecule has 4 rings (SSSR count). The molecule has 22 heavy (non-hydrogen) atoms. The zero-order valence-electron chi connectivity index (χ0n) is 12.4. The van der Waals surface area contributed by atoms with E-state index in [1.165, 1.54) is 0 Å². The van der Waals surface area contributed by atoms with E-state index in [1.54, 1.807) is 0 Å². The largest absolute Gasteiger partial charge is 0.486 e. The summed E-state index contributed by atoms with van der Waals surface area (Å²) in [7, 11) is 2.08. The molecule has 0 spiro atoms. The number of likely N-dealkylation sites (N-methyl/N-ethyl adjacent to an activating group) is 1. The monoisotopic (exact) mass is 302 g/mol. The van der Waals surface area contributed by atoms with Crippen LogP contribution in [0.3, 0.4) is 0 Å². The number of aromatic nitrogens is 2. The molecule has 0 saturated carbocycles. The lowest BCUT2D eigenvalue weighted by Crippen LogP contribution is -2.44. The van der Waals surface area contributed by atoms with Gasteiger partial charge in [-0.1, -0.05) is 5.16 Å². The van der Waals surface area contributed by atoms with Crippen LogP contribution in [-0.4, -0.2) is 54.9 Å². The maximum absolute atomic E-state index is 5.59. The zero-order chi connectivity index (χ0) is 14.9. The number of ether oxygens (including phenoxy) is 2. The molecule has 0 amide bonds. The number of nitrogens with zero attached hydrogens (tertiary/aromatic N) is 3. The summed E-state index contributed by atoms with van der Waals surface area (Å²) in [5.41, 5.74) is 0.842. The Kier molecular flexibility index (Phi) is 3.44. The number of benzene rings is 1. The van der Waals surface area contributed by atoms with E-state index >= 15 is 0 Å². The first-order valence-corrected chi connectivity index (χ1v) is 7.46. The van der Waals surface area contributed by atoms with Crippen LogP contribution >= 0.6 is 0 Å². The molecule has 1 unspecified atom stereocenters. The molecule has 2 aliphatic rings. The van der Waals surface area contributed by atoms with Crippen LogP contribution in [0.15, 0.2) is 22.7 Å². The van der Waals surface area contributed by atoms with Gasteiger partial charge in [0.1, 0.15) is 13.2 Å². The highest BCUT2D eigenvalue weighted by Crippen LogP contribution is 2.34. The highest BCUT2D eigenvalue weighted by Gasteiger charge is 2.25. The van der Waals surface area contributed by atoms with Gasteiger partial charge < -0.3 is 19.3 Å². The molecule has 1 aromatic heterocycles. The van der Waals surface area contributed by atoms with Gasteiger partial charge in [0, 0.05) is 25.2 Å². The third-order valence-corrected chi connectivity index (χ3v) is 4.04. The summed E-state index contributed by atoms with van der Waals surface area (Å²) in [6.45, 7) is 3.93. The van der Waals surface area contributed by atoms with Gasteiger partial charge in [0.05, 0.1) is 6.04 Å². The molecular formula is C15H18N4O3. The van der Waals surface area contributed by atoms with Crippen molar-refractivity contribution >= 4 is 0 Å². The molecule has 7 heteroatoms. The number of piperazine rings is 1. The van der Waals surface area contributed by atoms with Crippen molar-refractivity contribution in [1.29, 1.82) is 0 Å². The van der Waals surface area contributed by atoms with Crippen molar-refractivity contribution in [3.8, 4) is 23.0 Å². The first-order chi connectivity index (χ1) is 10.8. The molecule has 0 aliphatic carbocycles. The first-order valence-electron chi connectivity index (χ1n) is 7.46. The van der Waals surface area contributed by atoms with Crippen LogP contribution < -0.4 is 14.8 Å². The van der Waals surface area contributed by atoms with Gasteiger partial charge in [0.2, 0.25) is 0 Å². The Labute approximate surface area is 128 Å². The van der Waals surface area contributed by atoms with Gasteiger partial charge in [-0.05, 0) is 25.2 Å². The van der Waals surface area contributed by atoms with E-state index in [9.17, 15) is 0 Å². The number of hydrogen-bond acceptors (Lipinski definition) is 7. The molecule has 2 aliphatic heterocycles. The van der Waals surface area contributed by atoms with Crippen LogP contribution in [-0.2, 0) is 0 Å². The summed E-state index contributed by atoms with van der Waals surface area (Å²) in [5.74, 6) is 2.69. The van der Waals surface area contributed by atoms with E-state index < -0.39 is 0 Å². The summed E-state index contributed by atoms with van der Waals surface area (Å²) < 4.78 is 16.5. The van der Waals surface area contributed by atoms with Gasteiger partial charge in [0.15, 0.2) is 17.3 Å². The maximum atomic E-state index is 5.59. The average Bonchev–Trinajstić information content (AvgIpc) is 3.04. The predicted molar refractivity (Wildman–Crippen MR) is 79.0 cm³/mol. The molecule has 3 heterocycles. The molecule has 1 saturated heterocycles. The van der Waals surface area contributed by atoms with Crippen molar-refractivity contribution in [3.63, 3.8) is 0 Å². The Bertz CT molecular complexity index is 673. The van der Waals surface area contributed by atoms with Gasteiger partial charge in [-0.3, -0.25) is 4.90 Å². The molecule has 1 N–H and O–H groups in total. The lowest BCUT2D eigenvalue weighted by molar-refractivity contribution is 0.171. The molecular weight excluding hydrogens is 284 g/mol. The molecule has 1 atom stereocenters.